The number of aryl methyl sites for hydroxylation is 1. The van der Waals surface area contributed by atoms with Crippen LogP contribution in [-0.2, 0) is 13.0 Å². The van der Waals surface area contributed by atoms with Crippen LogP contribution in [-0.4, -0.2) is 14.8 Å². The maximum Gasteiger partial charge on any atom is 0.225 e. The van der Waals surface area contributed by atoms with Gasteiger partial charge in [0.2, 0.25) is 5.95 Å². The van der Waals surface area contributed by atoms with Crippen molar-refractivity contribution in [3.8, 4) is 0 Å². The van der Waals surface area contributed by atoms with Gasteiger partial charge in [-0.1, -0.05) is 6.92 Å². The predicted octanol–water partition coefficient (Wildman–Crippen LogP) is 0.0661. The van der Waals surface area contributed by atoms with Crippen molar-refractivity contribution in [3.05, 3.63) is 17.7 Å². The van der Waals surface area contributed by atoms with Gasteiger partial charge in [0.15, 0.2) is 5.82 Å². The van der Waals surface area contributed by atoms with E-state index in [0.717, 1.165) is 23.9 Å². The molecule has 0 bridgehead atoms. The van der Waals surface area contributed by atoms with Gasteiger partial charge in [-0.15, -0.1) is 0 Å². The highest BCUT2D eigenvalue weighted by atomic mass is 15.4. The summed E-state index contributed by atoms with van der Waals surface area (Å²) >= 11 is 0. The standard InChI is InChI=1S/C7H11N5/c1-2-6-10-7-9-3-5(8)4-12(7)11-6/h3H,2,4,8H2,1H3,(H,9,10,11). The average Bonchev–Trinajstić information content (AvgIpc) is 2.46. The Bertz CT molecular complexity index is 325. The minimum atomic E-state index is 0.634. The molecule has 3 N–H and O–H groups in total. The molecule has 1 aliphatic rings. The van der Waals surface area contributed by atoms with E-state index >= 15 is 0 Å². The maximum absolute atomic E-state index is 5.61. The molecule has 2 rings (SSSR count). The van der Waals surface area contributed by atoms with Crippen LogP contribution in [0.15, 0.2) is 11.9 Å². The molecule has 0 unspecified atom stereocenters. The van der Waals surface area contributed by atoms with Crippen LogP contribution in [0.5, 0.6) is 0 Å². The van der Waals surface area contributed by atoms with E-state index in [-0.39, 0.29) is 0 Å². The fourth-order valence-electron chi connectivity index (χ4n) is 1.13. The molecule has 64 valence electrons. The van der Waals surface area contributed by atoms with Crippen molar-refractivity contribution in [2.75, 3.05) is 5.32 Å². The van der Waals surface area contributed by atoms with Gasteiger partial charge in [0.05, 0.1) is 6.54 Å². The average molecular weight is 165 g/mol. The van der Waals surface area contributed by atoms with E-state index in [2.05, 4.69) is 15.4 Å². The number of fused-ring (bicyclic) bond motifs is 1. The lowest BCUT2D eigenvalue weighted by Crippen LogP contribution is -2.18. The molecule has 0 aromatic carbocycles. The minimum absolute atomic E-state index is 0.634. The lowest BCUT2D eigenvalue weighted by atomic mass is 10.4. The zero-order valence-electron chi connectivity index (χ0n) is 6.91. The number of aromatic nitrogens is 3. The maximum atomic E-state index is 5.61. The molecule has 0 saturated carbocycles. The zero-order valence-corrected chi connectivity index (χ0v) is 6.91. The van der Waals surface area contributed by atoms with Crippen LogP contribution in [0.25, 0.3) is 0 Å². The second kappa shape index (κ2) is 2.51. The molecule has 0 atom stereocenters. The Labute approximate surface area is 70.3 Å². The van der Waals surface area contributed by atoms with E-state index in [1.807, 2.05) is 6.92 Å². The third kappa shape index (κ3) is 1.03. The van der Waals surface area contributed by atoms with Gasteiger partial charge in [-0.25, -0.2) is 4.68 Å². The van der Waals surface area contributed by atoms with Crippen LogP contribution in [0.2, 0.25) is 0 Å². The number of nitrogens with two attached hydrogens (primary N) is 1. The van der Waals surface area contributed by atoms with Crippen molar-refractivity contribution < 1.29 is 0 Å². The van der Waals surface area contributed by atoms with E-state index in [4.69, 9.17) is 5.73 Å². The number of anilines is 1. The number of hydrogen-bond donors (Lipinski definition) is 2. The van der Waals surface area contributed by atoms with Crippen LogP contribution >= 0.6 is 0 Å². The lowest BCUT2D eigenvalue weighted by molar-refractivity contribution is 0.656. The molecule has 1 aromatic rings. The summed E-state index contributed by atoms with van der Waals surface area (Å²) in [6, 6.07) is 0. The fraction of sp³-hybridized carbons (Fsp3) is 0.429. The smallest absolute Gasteiger partial charge is 0.225 e. The van der Waals surface area contributed by atoms with Gasteiger partial charge in [0.1, 0.15) is 0 Å². The molecule has 0 spiro atoms. The van der Waals surface area contributed by atoms with Gasteiger partial charge in [0, 0.05) is 18.3 Å². The van der Waals surface area contributed by atoms with Crippen LogP contribution in [0.4, 0.5) is 5.95 Å². The molecule has 0 radical (unpaired) electrons. The molecule has 0 aliphatic carbocycles. The Morgan fingerprint density at radius 3 is 3.33 bits per heavy atom. The predicted molar refractivity (Wildman–Crippen MR) is 45.3 cm³/mol. The summed E-state index contributed by atoms with van der Waals surface area (Å²) in [6.45, 7) is 2.66. The monoisotopic (exact) mass is 165 g/mol. The first-order valence-corrected chi connectivity index (χ1v) is 3.94. The van der Waals surface area contributed by atoms with Crippen molar-refractivity contribution in [3.63, 3.8) is 0 Å². The molecule has 5 heteroatoms. The fourth-order valence-corrected chi connectivity index (χ4v) is 1.13. The highest BCUT2D eigenvalue weighted by Gasteiger charge is 2.11. The van der Waals surface area contributed by atoms with Gasteiger partial charge < -0.3 is 11.1 Å². The summed E-state index contributed by atoms with van der Waals surface area (Å²) in [5.74, 6) is 1.63. The quantitative estimate of drug-likeness (QED) is 0.617. The van der Waals surface area contributed by atoms with Gasteiger partial charge in [-0.05, 0) is 0 Å². The van der Waals surface area contributed by atoms with Crippen molar-refractivity contribution in [2.24, 2.45) is 5.73 Å². The Kier molecular flexibility index (Phi) is 1.49. The highest BCUT2D eigenvalue weighted by molar-refractivity contribution is 5.34. The zero-order chi connectivity index (χ0) is 8.55. The molecule has 0 saturated heterocycles. The van der Waals surface area contributed by atoms with E-state index < -0.39 is 0 Å². The van der Waals surface area contributed by atoms with Crippen molar-refractivity contribution in [2.45, 2.75) is 19.9 Å². The molecule has 0 amide bonds. The molecule has 2 heterocycles. The molecular formula is C7H11N5. The molecule has 0 fully saturated rings. The summed E-state index contributed by atoms with van der Waals surface area (Å²) in [5.41, 5.74) is 6.38. The SMILES string of the molecule is CCc1nc2n(n1)CC(N)=CN2. The largest absolute Gasteiger partial charge is 0.399 e. The van der Waals surface area contributed by atoms with Gasteiger partial charge in [-0.2, -0.15) is 10.1 Å². The minimum Gasteiger partial charge on any atom is -0.399 e. The van der Waals surface area contributed by atoms with Crippen molar-refractivity contribution in [1.82, 2.24) is 14.8 Å². The van der Waals surface area contributed by atoms with Crippen LogP contribution < -0.4 is 11.1 Å². The Hall–Kier alpha value is -1.52. The summed E-state index contributed by atoms with van der Waals surface area (Å²) < 4.78 is 1.77. The lowest BCUT2D eigenvalue weighted by Gasteiger charge is -2.10. The van der Waals surface area contributed by atoms with Gasteiger partial charge >= 0.3 is 0 Å². The Morgan fingerprint density at radius 2 is 2.58 bits per heavy atom. The second-order valence-electron chi connectivity index (χ2n) is 2.73. The first-order chi connectivity index (χ1) is 5.79. The van der Waals surface area contributed by atoms with E-state index in [9.17, 15) is 0 Å². The number of rotatable bonds is 1. The van der Waals surface area contributed by atoms with Crippen LogP contribution in [0, 0.1) is 0 Å². The number of nitrogens with zero attached hydrogens (tertiary/aromatic N) is 3. The number of hydrogen-bond acceptors (Lipinski definition) is 4. The molecule has 5 nitrogen and oxygen atoms in total. The Morgan fingerprint density at radius 1 is 1.75 bits per heavy atom. The van der Waals surface area contributed by atoms with E-state index in [1.165, 1.54) is 0 Å². The molecule has 12 heavy (non-hydrogen) atoms. The molecular weight excluding hydrogens is 154 g/mol. The van der Waals surface area contributed by atoms with E-state index in [0.29, 0.717) is 6.54 Å². The first kappa shape index (κ1) is 7.15. The molecule has 1 aliphatic heterocycles. The summed E-state index contributed by atoms with van der Waals surface area (Å²) in [7, 11) is 0. The molecule has 1 aromatic heterocycles. The van der Waals surface area contributed by atoms with Crippen molar-refractivity contribution >= 4 is 5.95 Å². The number of allylic oxidation sites excluding steroid dienone is 1. The topological polar surface area (TPSA) is 68.8 Å². The highest BCUT2D eigenvalue weighted by Crippen LogP contribution is 2.11. The summed E-state index contributed by atoms with van der Waals surface area (Å²) in [5, 5.41) is 7.21. The normalized spacial score (nSPS) is 14.9. The third-order valence-corrected chi connectivity index (χ3v) is 1.75. The van der Waals surface area contributed by atoms with Crippen molar-refractivity contribution in [1.29, 1.82) is 0 Å². The summed E-state index contributed by atoms with van der Waals surface area (Å²) in [4.78, 5) is 4.24. The van der Waals surface area contributed by atoms with E-state index in [1.54, 1.807) is 10.9 Å². The van der Waals surface area contributed by atoms with Crippen LogP contribution in [0.1, 0.15) is 12.7 Å². The third-order valence-electron chi connectivity index (χ3n) is 1.75. The van der Waals surface area contributed by atoms with Crippen LogP contribution in [0.3, 0.4) is 0 Å². The van der Waals surface area contributed by atoms with Gasteiger partial charge in [0.25, 0.3) is 0 Å². The summed E-state index contributed by atoms with van der Waals surface area (Å²) in [6.07, 6.45) is 2.60. The van der Waals surface area contributed by atoms with Gasteiger partial charge in [-0.3, -0.25) is 0 Å². The first-order valence-electron chi connectivity index (χ1n) is 3.94. The second-order valence-corrected chi connectivity index (χ2v) is 2.73. The number of nitrogens with one attached hydrogen (secondary N) is 1. The Balaban J connectivity index is 2.33.